The molecule has 1 heteroatoms. The van der Waals surface area contributed by atoms with Gasteiger partial charge in [-0.25, -0.2) is 0 Å². The maximum Gasteiger partial charge on any atom is 0.00969 e. The average Bonchev–Trinajstić information content (AvgIpc) is 2.17. The van der Waals surface area contributed by atoms with E-state index in [1.807, 2.05) is 0 Å². The zero-order valence-corrected chi connectivity index (χ0v) is 10.5. The summed E-state index contributed by atoms with van der Waals surface area (Å²) in [6.07, 6.45) is 5.66. The summed E-state index contributed by atoms with van der Waals surface area (Å²) in [5.41, 5.74) is 1.38. The lowest BCUT2D eigenvalue weighted by Gasteiger charge is -2.26. The predicted molar refractivity (Wildman–Crippen MR) is 68.5 cm³/mol. The Bertz CT molecular complexity index is 319. The molecule has 1 fully saturated rings. The van der Waals surface area contributed by atoms with Gasteiger partial charge in [-0.15, -0.1) is 11.8 Å². The maximum atomic E-state index is 2.39. The Balaban J connectivity index is 1.96. The fraction of sp³-hybridized carbons (Fsp3) is 0.571. The smallest absolute Gasteiger partial charge is 0.00969 e. The third-order valence-electron chi connectivity index (χ3n) is 3.18. The third-order valence-corrected chi connectivity index (χ3v) is 4.47. The molecule has 0 spiro atoms. The molecular weight excluding hydrogens is 200 g/mol. The van der Waals surface area contributed by atoms with E-state index in [1.54, 1.807) is 0 Å². The predicted octanol–water partition coefficient (Wildman–Crippen LogP) is 4.67. The molecule has 1 saturated carbocycles. The van der Waals surface area contributed by atoms with Gasteiger partial charge >= 0.3 is 0 Å². The van der Waals surface area contributed by atoms with Crippen molar-refractivity contribution in [2.75, 3.05) is 0 Å². The van der Waals surface area contributed by atoms with Gasteiger partial charge in [-0.3, -0.25) is 0 Å². The molecule has 2 atom stereocenters. The highest BCUT2D eigenvalue weighted by atomic mass is 32.2. The van der Waals surface area contributed by atoms with Gasteiger partial charge in [-0.1, -0.05) is 37.5 Å². The second kappa shape index (κ2) is 5.07. The lowest BCUT2D eigenvalue weighted by Crippen LogP contribution is -2.14. The van der Waals surface area contributed by atoms with Crippen molar-refractivity contribution in [1.82, 2.24) is 0 Å². The summed E-state index contributed by atoms with van der Waals surface area (Å²) in [5, 5.41) is 0.857. The quantitative estimate of drug-likeness (QED) is 0.698. The first kappa shape index (κ1) is 11.1. The second-order valence-electron chi connectivity index (χ2n) is 4.83. The van der Waals surface area contributed by atoms with Crippen LogP contribution < -0.4 is 0 Å². The molecule has 15 heavy (non-hydrogen) atoms. The van der Waals surface area contributed by atoms with Crippen LogP contribution in [0.2, 0.25) is 0 Å². The lowest BCUT2D eigenvalue weighted by atomic mass is 9.91. The maximum absolute atomic E-state index is 2.39. The molecular formula is C14H20S. The van der Waals surface area contributed by atoms with E-state index < -0.39 is 0 Å². The van der Waals surface area contributed by atoms with Crippen molar-refractivity contribution in [2.45, 2.75) is 49.7 Å². The summed E-state index contributed by atoms with van der Waals surface area (Å²) >= 11 is 2.08. The zero-order chi connectivity index (χ0) is 10.7. The van der Waals surface area contributed by atoms with Crippen molar-refractivity contribution >= 4 is 11.8 Å². The average molecular weight is 220 g/mol. The van der Waals surface area contributed by atoms with Gasteiger partial charge < -0.3 is 0 Å². The fourth-order valence-electron chi connectivity index (χ4n) is 2.37. The van der Waals surface area contributed by atoms with E-state index >= 15 is 0 Å². The Labute approximate surface area is 97.5 Å². The van der Waals surface area contributed by atoms with Gasteiger partial charge in [0.2, 0.25) is 0 Å². The Morgan fingerprint density at radius 2 is 2.13 bits per heavy atom. The minimum absolute atomic E-state index is 0.857. The third kappa shape index (κ3) is 3.27. The van der Waals surface area contributed by atoms with E-state index in [0.29, 0.717) is 0 Å². The van der Waals surface area contributed by atoms with Gasteiger partial charge in [-0.05, 0) is 37.8 Å². The first-order valence-electron chi connectivity index (χ1n) is 5.97. The van der Waals surface area contributed by atoms with E-state index in [9.17, 15) is 0 Å². The second-order valence-corrected chi connectivity index (χ2v) is 6.20. The Hall–Kier alpha value is -0.430. The summed E-state index contributed by atoms with van der Waals surface area (Å²) in [6.45, 7) is 4.57. The van der Waals surface area contributed by atoms with Gasteiger partial charge in [0.1, 0.15) is 0 Å². The molecule has 0 radical (unpaired) electrons. The minimum Gasteiger partial charge on any atom is -0.123 e. The molecule has 2 unspecified atom stereocenters. The number of rotatable bonds is 2. The highest BCUT2D eigenvalue weighted by Crippen LogP contribution is 2.36. The van der Waals surface area contributed by atoms with Crippen molar-refractivity contribution in [3.63, 3.8) is 0 Å². The standard InChI is InChI=1S/C14H20S/c1-11-5-3-7-13(9-11)15-14-8-4-6-12(2)10-14/h3,5,7,9,12,14H,4,6,8,10H2,1-2H3. The number of benzene rings is 1. The fourth-order valence-corrected chi connectivity index (χ4v) is 3.87. The van der Waals surface area contributed by atoms with Crippen LogP contribution in [-0.2, 0) is 0 Å². The van der Waals surface area contributed by atoms with Crippen LogP contribution in [0.1, 0.15) is 38.2 Å². The van der Waals surface area contributed by atoms with Crippen LogP contribution in [-0.4, -0.2) is 5.25 Å². The van der Waals surface area contributed by atoms with E-state index in [2.05, 4.69) is 49.9 Å². The molecule has 0 amide bonds. The summed E-state index contributed by atoms with van der Waals surface area (Å²) in [5.74, 6) is 0.932. The van der Waals surface area contributed by atoms with Crippen LogP contribution in [0.25, 0.3) is 0 Å². The number of hydrogen-bond acceptors (Lipinski definition) is 1. The molecule has 0 saturated heterocycles. The topological polar surface area (TPSA) is 0 Å². The van der Waals surface area contributed by atoms with Crippen LogP contribution in [0.5, 0.6) is 0 Å². The van der Waals surface area contributed by atoms with E-state index in [4.69, 9.17) is 0 Å². The largest absolute Gasteiger partial charge is 0.123 e. The molecule has 1 aliphatic rings. The minimum atomic E-state index is 0.857. The SMILES string of the molecule is Cc1cccc(SC2CCCC(C)C2)c1. The number of hydrogen-bond donors (Lipinski definition) is 0. The van der Waals surface area contributed by atoms with Crippen LogP contribution in [0.3, 0.4) is 0 Å². The van der Waals surface area contributed by atoms with Gasteiger partial charge in [0, 0.05) is 10.1 Å². The van der Waals surface area contributed by atoms with E-state index in [-0.39, 0.29) is 0 Å². The normalized spacial score (nSPS) is 26.5. The molecule has 0 aliphatic heterocycles. The van der Waals surface area contributed by atoms with Gasteiger partial charge in [0.15, 0.2) is 0 Å². The van der Waals surface area contributed by atoms with Gasteiger partial charge in [0.05, 0.1) is 0 Å². The molecule has 0 N–H and O–H groups in total. The molecule has 1 aromatic rings. The Morgan fingerprint density at radius 1 is 1.27 bits per heavy atom. The molecule has 82 valence electrons. The van der Waals surface area contributed by atoms with Crippen LogP contribution >= 0.6 is 11.8 Å². The number of aryl methyl sites for hydroxylation is 1. The van der Waals surface area contributed by atoms with Crippen molar-refractivity contribution in [2.24, 2.45) is 5.92 Å². The lowest BCUT2D eigenvalue weighted by molar-refractivity contribution is 0.394. The van der Waals surface area contributed by atoms with Crippen LogP contribution in [0.15, 0.2) is 29.2 Å². The van der Waals surface area contributed by atoms with Crippen molar-refractivity contribution in [3.05, 3.63) is 29.8 Å². The highest BCUT2D eigenvalue weighted by molar-refractivity contribution is 8.00. The van der Waals surface area contributed by atoms with Crippen molar-refractivity contribution < 1.29 is 0 Å². The molecule has 0 nitrogen and oxygen atoms in total. The van der Waals surface area contributed by atoms with Gasteiger partial charge in [0.25, 0.3) is 0 Å². The number of thioether (sulfide) groups is 1. The van der Waals surface area contributed by atoms with Crippen molar-refractivity contribution in [3.8, 4) is 0 Å². The molecule has 1 aromatic carbocycles. The van der Waals surface area contributed by atoms with E-state index in [1.165, 1.54) is 36.1 Å². The van der Waals surface area contributed by atoms with Gasteiger partial charge in [-0.2, -0.15) is 0 Å². The Morgan fingerprint density at radius 3 is 2.87 bits per heavy atom. The summed E-state index contributed by atoms with van der Waals surface area (Å²) < 4.78 is 0. The van der Waals surface area contributed by atoms with Crippen molar-refractivity contribution in [1.29, 1.82) is 0 Å². The summed E-state index contributed by atoms with van der Waals surface area (Å²) in [7, 11) is 0. The first-order chi connectivity index (χ1) is 7.24. The molecule has 2 rings (SSSR count). The van der Waals surface area contributed by atoms with Crippen LogP contribution in [0, 0.1) is 12.8 Å². The molecule has 0 heterocycles. The molecule has 0 bridgehead atoms. The Kier molecular flexibility index (Phi) is 3.74. The first-order valence-corrected chi connectivity index (χ1v) is 6.85. The van der Waals surface area contributed by atoms with Crippen LogP contribution in [0.4, 0.5) is 0 Å². The summed E-state index contributed by atoms with van der Waals surface area (Å²) in [6, 6.07) is 8.90. The molecule has 1 aliphatic carbocycles. The van der Waals surface area contributed by atoms with E-state index in [0.717, 1.165) is 11.2 Å². The monoisotopic (exact) mass is 220 g/mol. The zero-order valence-electron chi connectivity index (χ0n) is 9.70. The summed E-state index contributed by atoms with van der Waals surface area (Å²) in [4.78, 5) is 1.45. The highest BCUT2D eigenvalue weighted by Gasteiger charge is 2.19. The molecule has 0 aromatic heterocycles.